The van der Waals surface area contributed by atoms with Crippen molar-refractivity contribution < 1.29 is 9.18 Å². The van der Waals surface area contributed by atoms with Crippen molar-refractivity contribution >= 4 is 33.9 Å². The normalized spacial score (nSPS) is 13.1. The van der Waals surface area contributed by atoms with Gasteiger partial charge in [0.2, 0.25) is 0 Å². The molecule has 1 amide bonds. The van der Waals surface area contributed by atoms with Crippen LogP contribution in [0.3, 0.4) is 0 Å². The molecule has 7 heteroatoms. The van der Waals surface area contributed by atoms with Gasteiger partial charge in [0.15, 0.2) is 0 Å². The van der Waals surface area contributed by atoms with Crippen LogP contribution in [0.5, 0.6) is 0 Å². The maximum atomic E-state index is 14.3. The Labute approximate surface area is 166 Å². The molecule has 1 aliphatic rings. The summed E-state index contributed by atoms with van der Waals surface area (Å²) in [7, 11) is 3.38. The second-order valence-electron chi connectivity index (χ2n) is 6.74. The summed E-state index contributed by atoms with van der Waals surface area (Å²) in [6, 6.07) is 8.35. The van der Waals surface area contributed by atoms with Crippen molar-refractivity contribution in [3.8, 4) is 11.1 Å². The highest BCUT2D eigenvalue weighted by Crippen LogP contribution is 2.43. The van der Waals surface area contributed by atoms with E-state index in [1.54, 1.807) is 50.8 Å². The number of carbonyl (C=O) groups excluding carboxylic acids is 1. The molecule has 0 unspecified atom stereocenters. The number of benzene rings is 1. The van der Waals surface area contributed by atoms with Crippen LogP contribution in [-0.4, -0.2) is 41.4 Å². The van der Waals surface area contributed by atoms with Gasteiger partial charge in [0.1, 0.15) is 11.6 Å². The van der Waals surface area contributed by atoms with Gasteiger partial charge in [-0.2, -0.15) is 0 Å². The number of hydrogen-bond donors (Lipinski definition) is 2. The number of fused-ring (bicyclic) bond motifs is 1. The molecule has 3 heterocycles. The maximum Gasteiger partial charge on any atom is 0.254 e. The van der Waals surface area contributed by atoms with Crippen molar-refractivity contribution in [3.05, 3.63) is 71.4 Å². The van der Waals surface area contributed by atoms with E-state index in [-0.39, 0.29) is 11.7 Å². The average molecular weight is 397 g/mol. The molecule has 4 rings (SSSR count). The lowest BCUT2D eigenvalue weighted by Crippen LogP contribution is -2.22. The summed E-state index contributed by atoms with van der Waals surface area (Å²) < 4.78 is 14.3. The number of rotatable bonds is 3. The first-order valence-corrected chi connectivity index (χ1v) is 9.11. The Morgan fingerprint density at radius 3 is 2.75 bits per heavy atom. The number of aromatic nitrogens is 2. The number of H-pyrrole nitrogens is 1. The van der Waals surface area contributed by atoms with Crippen molar-refractivity contribution in [3.63, 3.8) is 0 Å². The first-order valence-electron chi connectivity index (χ1n) is 8.73. The number of amides is 1. The maximum absolute atomic E-state index is 14.3. The molecule has 2 N–H and O–H groups in total. The summed E-state index contributed by atoms with van der Waals surface area (Å²) >= 11 is 6.77. The van der Waals surface area contributed by atoms with Crippen molar-refractivity contribution in [2.75, 3.05) is 26.0 Å². The molecule has 28 heavy (non-hydrogen) atoms. The Hall–Kier alpha value is -3.12. The molecule has 0 spiro atoms. The number of anilines is 1. The SMILES string of the molecule is CN(C)C(=O)c1cncc(C2=C(Cl)c3c(-c4ccccc4F)c[nH]c3NC2)c1. The van der Waals surface area contributed by atoms with Gasteiger partial charge >= 0.3 is 0 Å². The summed E-state index contributed by atoms with van der Waals surface area (Å²) in [5.41, 5.74) is 3.88. The minimum absolute atomic E-state index is 0.135. The van der Waals surface area contributed by atoms with Crippen LogP contribution >= 0.6 is 11.6 Å². The summed E-state index contributed by atoms with van der Waals surface area (Å²) in [6.07, 6.45) is 4.95. The third-order valence-corrected chi connectivity index (χ3v) is 5.13. The van der Waals surface area contributed by atoms with Gasteiger partial charge in [0.05, 0.1) is 10.6 Å². The quantitative estimate of drug-likeness (QED) is 0.687. The predicted molar refractivity (Wildman–Crippen MR) is 110 cm³/mol. The molecule has 1 aliphatic heterocycles. The molecule has 0 saturated heterocycles. The number of halogens is 2. The zero-order valence-corrected chi connectivity index (χ0v) is 16.1. The molecule has 0 saturated carbocycles. The van der Waals surface area contributed by atoms with Crippen LogP contribution in [0.25, 0.3) is 21.7 Å². The van der Waals surface area contributed by atoms with Crippen LogP contribution in [0.4, 0.5) is 10.2 Å². The van der Waals surface area contributed by atoms with Crippen LogP contribution in [0.1, 0.15) is 21.5 Å². The lowest BCUT2D eigenvalue weighted by molar-refractivity contribution is 0.0827. The second-order valence-corrected chi connectivity index (χ2v) is 7.12. The molecule has 1 aromatic carbocycles. The third-order valence-electron chi connectivity index (χ3n) is 4.71. The zero-order valence-electron chi connectivity index (χ0n) is 15.4. The van der Waals surface area contributed by atoms with Crippen LogP contribution in [0, 0.1) is 5.82 Å². The first-order chi connectivity index (χ1) is 13.5. The summed E-state index contributed by atoms with van der Waals surface area (Å²) in [4.78, 5) is 21.1. The van der Waals surface area contributed by atoms with E-state index < -0.39 is 0 Å². The molecule has 2 aromatic heterocycles. The molecular formula is C21H18ClFN4O. The molecular weight excluding hydrogens is 379 g/mol. The van der Waals surface area contributed by atoms with E-state index in [1.807, 2.05) is 0 Å². The van der Waals surface area contributed by atoms with Gasteiger partial charge in [0, 0.05) is 61.5 Å². The van der Waals surface area contributed by atoms with Gasteiger partial charge in [-0.05, 0) is 17.7 Å². The molecule has 142 valence electrons. The standard InChI is InChI=1S/C21H18ClFN4O/c1-27(2)21(28)13-7-12(8-24-9-13)15-10-25-20-18(19(15)22)16(11-26-20)14-5-3-4-6-17(14)23/h3-9,11,25-26H,10H2,1-2H3. The van der Waals surface area contributed by atoms with E-state index in [9.17, 15) is 9.18 Å². The minimum Gasteiger partial charge on any atom is -0.367 e. The number of hydrogen-bond acceptors (Lipinski definition) is 3. The largest absolute Gasteiger partial charge is 0.367 e. The van der Waals surface area contributed by atoms with Crippen LogP contribution in [0.15, 0.2) is 48.9 Å². The molecule has 0 fully saturated rings. The Morgan fingerprint density at radius 1 is 1.21 bits per heavy atom. The van der Waals surface area contributed by atoms with Crippen LogP contribution in [0.2, 0.25) is 0 Å². The fourth-order valence-electron chi connectivity index (χ4n) is 3.30. The fourth-order valence-corrected chi connectivity index (χ4v) is 3.67. The minimum atomic E-state index is -0.318. The third kappa shape index (κ3) is 3.05. The van der Waals surface area contributed by atoms with Gasteiger partial charge in [0.25, 0.3) is 5.91 Å². The highest BCUT2D eigenvalue weighted by atomic mass is 35.5. The summed E-state index contributed by atoms with van der Waals surface area (Å²) in [6.45, 7) is 0.463. The van der Waals surface area contributed by atoms with Crippen LogP contribution < -0.4 is 5.32 Å². The number of pyridine rings is 1. The fraction of sp³-hybridized carbons (Fsp3) is 0.143. The number of nitrogens with one attached hydrogen (secondary N) is 2. The van der Waals surface area contributed by atoms with E-state index >= 15 is 0 Å². The van der Waals surface area contributed by atoms with E-state index in [1.165, 1.54) is 17.2 Å². The monoisotopic (exact) mass is 396 g/mol. The molecule has 0 aliphatic carbocycles. The van der Waals surface area contributed by atoms with Crippen molar-refractivity contribution in [2.45, 2.75) is 0 Å². The summed E-state index contributed by atoms with van der Waals surface area (Å²) in [5, 5.41) is 3.78. The van der Waals surface area contributed by atoms with Crippen molar-refractivity contribution in [1.29, 1.82) is 0 Å². The van der Waals surface area contributed by atoms with Gasteiger partial charge in [-0.15, -0.1) is 0 Å². The van der Waals surface area contributed by atoms with Gasteiger partial charge in [-0.3, -0.25) is 9.78 Å². The summed E-state index contributed by atoms with van der Waals surface area (Å²) in [5.74, 6) is 0.283. The van der Waals surface area contributed by atoms with Gasteiger partial charge < -0.3 is 15.2 Å². The molecule has 0 radical (unpaired) electrons. The first kappa shape index (κ1) is 18.3. The number of carbonyl (C=O) groups is 1. The van der Waals surface area contributed by atoms with E-state index in [4.69, 9.17) is 11.6 Å². The predicted octanol–water partition coefficient (Wildman–Crippen LogP) is 4.45. The topological polar surface area (TPSA) is 61.0 Å². The average Bonchev–Trinajstić information content (AvgIpc) is 3.13. The Balaban J connectivity index is 1.83. The van der Waals surface area contributed by atoms with Gasteiger partial charge in [-0.25, -0.2) is 4.39 Å². The Morgan fingerprint density at radius 2 is 2.00 bits per heavy atom. The molecule has 0 atom stereocenters. The lowest BCUT2D eigenvalue weighted by atomic mass is 9.96. The van der Waals surface area contributed by atoms with Crippen LogP contribution in [-0.2, 0) is 0 Å². The Kier molecular flexibility index (Phi) is 4.65. The zero-order chi connectivity index (χ0) is 19.8. The number of aromatic amines is 1. The number of nitrogens with zero attached hydrogens (tertiary/aromatic N) is 2. The smallest absolute Gasteiger partial charge is 0.254 e. The second kappa shape index (κ2) is 7.13. The van der Waals surface area contributed by atoms with Crippen molar-refractivity contribution in [1.82, 2.24) is 14.9 Å². The van der Waals surface area contributed by atoms with E-state index in [0.717, 1.165) is 17.0 Å². The molecule has 0 bridgehead atoms. The highest BCUT2D eigenvalue weighted by molar-refractivity contribution is 6.54. The van der Waals surface area contributed by atoms with Crippen molar-refractivity contribution in [2.24, 2.45) is 0 Å². The highest BCUT2D eigenvalue weighted by Gasteiger charge is 2.25. The lowest BCUT2D eigenvalue weighted by Gasteiger charge is -2.21. The Bertz CT molecular complexity index is 1100. The van der Waals surface area contributed by atoms with E-state index in [0.29, 0.717) is 33.8 Å². The van der Waals surface area contributed by atoms with Gasteiger partial charge in [-0.1, -0.05) is 29.8 Å². The molecule has 3 aromatic rings. The van der Waals surface area contributed by atoms with E-state index in [2.05, 4.69) is 15.3 Å². The molecule has 5 nitrogen and oxygen atoms in total.